The molecule has 1 atom stereocenters. The first kappa shape index (κ1) is 21.0. The minimum atomic E-state index is -2.89. The van der Waals surface area contributed by atoms with Crippen LogP contribution in [0.2, 0.25) is 0 Å². The molecule has 1 aromatic rings. The van der Waals surface area contributed by atoms with Crippen molar-refractivity contribution in [2.45, 2.75) is 26.3 Å². The zero-order valence-electron chi connectivity index (χ0n) is 14.3. The van der Waals surface area contributed by atoms with Crippen molar-refractivity contribution >= 4 is 39.8 Å². The summed E-state index contributed by atoms with van der Waals surface area (Å²) >= 11 is 0. The molecule has 6 nitrogen and oxygen atoms in total. The van der Waals surface area contributed by atoms with Crippen LogP contribution in [0, 0.1) is 13.8 Å². The molecule has 0 spiro atoms. The van der Waals surface area contributed by atoms with Crippen LogP contribution in [-0.4, -0.2) is 52.1 Å². The van der Waals surface area contributed by atoms with E-state index in [1.54, 1.807) is 7.05 Å². The number of benzene rings is 1. The molecule has 1 aliphatic rings. The van der Waals surface area contributed by atoms with Gasteiger partial charge in [0.1, 0.15) is 12.4 Å². The minimum Gasteiger partial charge on any atom is -0.491 e. The van der Waals surface area contributed by atoms with Crippen LogP contribution in [0.1, 0.15) is 17.5 Å². The number of halogens is 1. The van der Waals surface area contributed by atoms with Gasteiger partial charge in [0.15, 0.2) is 15.8 Å². The number of hydrogen-bond donors (Lipinski definition) is 2. The Hall–Kier alpha value is -1.03. The molecule has 1 aliphatic heterocycles. The zero-order valence-corrected chi connectivity index (χ0v) is 17.5. The van der Waals surface area contributed by atoms with Gasteiger partial charge >= 0.3 is 0 Å². The van der Waals surface area contributed by atoms with E-state index in [9.17, 15) is 8.42 Å². The van der Waals surface area contributed by atoms with Gasteiger partial charge < -0.3 is 15.4 Å². The maximum Gasteiger partial charge on any atom is 0.191 e. The average molecular weight is 467 g/mol. The van der Waals surface area contributed by atoms with Crippen LogP contribution in [0.5, 0.6) is 5.75 Å². The van der Waals surface area contributed by atoms with E-state index in [0.29, 0.717) is 25.5 Å². The summed E-state index contributed by atoms with van der Waals surface area (Å²) in [6.07, 6.45) is 0.627. The minimum absolute atomic E-state index is 0. The summed E-state index contributed by atoms with van der Waals surface area (Å²) in [4.78, 5) is 4.12. The molecule has 136 valence electrons. The van der Waals surface area contributed by atoms with Crippen LogP contribution < -0.4 is 15.4 Å². The summed E-state index contributed by atoms with van der Waals surface area (Å²) in [5.74, 6) is 1.94. The number of ether oxygens (including phenoxy) is 1. The van der Waals surface area contributed by atoms with Gasteiger partial charge in [0.2, 0.25) is 0 Å². The Labute approximate surface area is 161 Å². The summed E-state index contributed by atoms with van der Waals surface area (Å²) in [7, 11) is -1.22. The van der Waals surface area contributed by atoms with Gasteiger partial charge in [-0.3, -0.25) is 4.99 Å². The third-order valence-corrected chi connectivity index (χ3v) is 5.61. The number of rotatable bonds is 5. The molecular weight excluding hydrogens is 441 g/mol. The second-order valence-electron chi connectivity index (χ2n) is 5.81. The number of guanidine groups is 1. The second kappa shape index (κ2) is 9.45. The van der Waals surface area contributed by atoms with Crippen LogP contribution >= 0.6 is 24.0 Å². The maximum absolute atomic E-state index is 11.5. The van der Waals surface area contributed by atoms with Crippen molar-refractivity contribution in [3.63, 3.8) is 0 Å². The lowest BCUT2D eigenvalue weighted by molar-refractivity contribution is 0.317. The lowest BCUT2D eigenvalue weighted by atomic mass is 10.1. The van der Waals surface area contributed by atoms with E-state index in [0.717, 1.165) is 16.9 Å². The standard InChI is InChI=1S/C16H25N3O3S.HI/c1-12-5-4-6-13(2)15(12)22-9-8-18-16(17-3)19-14-7-10-23(20,21)11-14;/h4-6,14H,7-11H2,1-3H3,(H2,17,18,19);1H. The molecule has 0 saturated carbocycles. The number of aryl methyl sites for hydroxylation is 2. The van der Waals surface area contributed by atoms with Crippen LogP contribution in [0.3, 0.4) is 0 Å². The SMILES string of the molecule is CN=C(NCCOc1c(C)cccc1C)NC1CCS(=O)(=O)C1.I. The van der Waals surface area contributed by atoms with Gasteiger partial charge in [-0.15, -0.1) is 24.0 Å². The molecule has 0 aromatic heterocycles. The zero-order chi connectivity index (χ0) is 16.9. The Kier molecular flexibility index (Phi) is 8.28. The van der Waals surface area contributed by atoms with E-state index < -0.39 is 9.84 Å². The van der Waals surface area contributed by atoms with E-state index in [2.05, 4.69) is 15.6 Å². The van der Waals surface area contributed by atoms with Gasteiger partial charge in [-0.2, -0.15) is 0 Å². The molecule has 1 saturated heterocycles. The van der Waals surface area contributed by atoms with Crippen LogP contribution in [-0.2, 0) is 9.84 Å². The van der Waals surface area contributed by atoms with Gasteiger partial charge in [-0.05, 0) is 31.4 Å². The fraction of sp³-hybridized carbons (Fsp3) is 0.562. The number of sulfone groups is 1. The monoisotopic (exact) mass is 467 g/mol. The van der Waals surface area contributed by atoms with Gasteiger partial charge in [-0.1, -0.05) is 18.2 Å². The first-order valence-corrected chi connectivity index (χ1v) is 9.60. The van der Waals surface area contributed by atoms with Gasteiger partial charge in [0.05, 0.1) is 18.1 Å². The topological polar surface area (TPSA) is 79.8 Å². The summed E-state index contributed by atoms with van der Waals surface area (Å²) in [6, 6.07) is 6.00. The largest absolute Gasteiger partial charge is 0.491 e. The summed E-state index contributed by atoms with van der Waals surface area (Å²) in [5, 5.41) is 6.30. The average Bonchev–Trinajstić information content (AvgIpc) is 2.83. The van der Waals surface area contributed by atoms with Crippen LogP contribution in [0.25, 0.3) is 0 Å². The summed E-state index contributed by atoms with van der Waals surface area (Å²) < 4.78 is 28.8. The van der Waals surface area contributed by atoms with E-state index in [-0.39, 0.29) is 41.5 Å². The Morgan fingerprint density at radius 1 is 1.33 bits per heavy atom. The lowest BCUT2D eigenvalue weighted by Gasteiger charge is -2.17. The van der Waals surface area contributed by atoms with E-state index in [1.807, 2.05) is 32.0 Å². The van der Waals surface area contributed by atoms with Crippen molar-refractivity contribution in [2.24, 2.45) is 4.99 Å². The quantitative estimate of drug-likeness (QED) is 0.298. The summed E-state index contributed by atoms with van der Waals surface area (Å²) in [6.45, 7) is 5.15. The molecule has 0 bridgehead atoms. The van der Waals surface area contributed by atoms with Crippen LogP contribution in [0.15, 0.2) is 23.2 Å². The van der Waals surface area contributed by atoms with Crippen molar-refractivity contribution in [2.75, 3.05) is 31.7 Å². The highest BCUT2D eigenvalue weighted by Crippen LogP contribution is 2.21. The Balaban J connectivity index is 0.00000288. The van der Waals surface area contributed by atoms with Gasteiger partial charge in [0, 0.05) is 13.1 Å². The molecular formula is C16H26IN3O3S. The molecule has 0 aliphatic carbocycles. The summed E-state index contributed by atoms with van der Waals surface area (Å²) in [5.41, 5.74) is 2.23. The smallest absolute Gasteiger partial charge is 0.191 e. The molecule has 1 heterocycles. The normalized spacial score (nSPS) is 19.5. The lowest BCUT2D eigenvalue weighted by Crippen LogP contribution is -2.45. The number of nitrogens with one attached hydrogen (secondary N) is 2. The number of para-hydroxylation sites is 1. The van der Waals surface area contributed by atoms with Crippen molar-refractivity contribution in [1.82, 2.24) is 10.6 Å². The molecule has 1 aromatic carbocycles. The van der Waals surface area contributed by atoms with Crippen molar-refractivity contribution in [3.05, 3.63) is 29.3 Å². The first-order valence-electron chi connectivity index (χ1n) is 7.78. The first-order chi connectivity index (χ1) is 10.9. The van der Waals surface area contributed by atoms with E-state index >= 15 is 0 Å². The highest BCUT2D eigenvalue weighted by Gasteiger charge is 2.28. The predicted octanol–water partition coefficient (Wildman–Crippen LogP) is 1.65. The fourth-order valence-corrected chi connectivity index (χ4v) is 4.32. The van der Waals surface area contributed by atoms with Crippen molar-refractivity contribution in [1.29, 1.82) is 0 Å². The van der Waals surface area contributed by atoms with Crippen molar-refractivity contribution < 1.29 is 13.2 Å². The molecule has 1 unspecified atom stereocenters. The number of nitrogens with zero attached hydrogens (tertiary/aromatic N) is 1. The van der Waals surface area contributed by atoms with Crippen LogP contribution in [0.4, 0.5) is 0 Å². The van der Waals surface area contributed by atoms with E-state index in [4.69, 9.17) is 4.74 Å². The number of hydrogen-bond acceptors (Lipinski definition) is 4. The van der Waals surface area contributed by atoms with Crippen molar-refractivity contribution in [3.8, 4) is 5.75 Å². The molecule has 1 fully saturated rings. The highest BCUT2D eigenvalue weighted by atomic mass is 127. The third kappa shape index (κ3) is 6.12. The Morgan fingerprint density at radius 2 is 2.00 bits per heavy atom. The maximum atomic E-state index is 11.5. The molecule has 2 rings (SSSR count). The molecule has 0 radical (unpaired) electrons. The third-order valence-electron chi connectivity index (χ3n) is 3.85. The Morgan fingerprint density at radius 3 is 2.54 bits per heavy atom. The van der Waals surface area contributed by atoms with Gasteiger partial charge in [0.25, 0.3) is 0 Å². The molecule has 0 amide bonds. The van der Waals surface area contributed by atoms with Gasteiger partial charge in [-0.25, -0.2) is 8.42 Å². The second-order valence-corrected chi connectivity index (χ2v) is 8.04. The number of aliphatic imine (C=N–C) groups is 1. The predicted molar refractivity (Wildman–Crippen MR) is 108 cm³/mol. The Bertz CT molecular complexity index is 657. The fourth-order valence-electron chi connectivity index (χ4n) is 2.65. The molecule has 8 heteroatoms. The molecule has 2 N–H and O–H groups in total. The molecule has 24 heavy (non-hydrogen) atoms. The highest BCUT2D eigenvalue weighted by molar-refractivity contribution is 14.0. The van der Waals surface area contributed by atoms with E-state index in [1.165, 1.54) is 0 Å².